The van der Waals surface area contributed by atoms with Crippen molar-refractivity contribution in [1.29, 1.82) is 0 Å². The molecule has 106 valence electrons. The number of rotatable bonds is 2. The zero-order valence-electron chi connectivity index (χ0n) is 11.0. The third kappa shape index (κ3) is 2.09. The van der Waals surface area contributed by atoms with E-state index in [1.54, 1.807) is 6.07 Å². The molecule has 2 heterocycles. The average Bonchev–Trinajstić information content (AvgIpc) is 2.76. The van der Waals surface area contributed by atoms with Crippen LogP contribution in [0.25, 0.3) is 11.0 Å². The van der Waals surface area contributed by atoms with Crippen molar-refractivity contribution in [2.45, 2.75) is 37.7 Å². The molecule has 1 amide bonds. The molecule has 1 saturated carbocycles. The van der Waals surface area contributed by atoms with Crippen molar-refractivity contribution in [2.75, 3.05) is 5.84 Å². The van der Waals surface area contributed by atoms with Gasteiger partial charge in [-0.15, -0.1) is 0 Å². The van der Waals surface area contributed by atoms with E-state index in [-0.39, 0.29) is 12.0 Å². The van der Waals surface area contributed by atoms with Gasteiger partial charge in [-0.05, 0) is 25.3 Å². The normalized spacial score (nSPS) is 23.1. The molecular formula is C13H17N5O2. The molecule has 0 aliphatic heterocycles. The minimum absolute atomic E-state index is 0.135. The lowest BCUT2D eigenvalue weighted by atomic mass is 9.84. The van der Waals surface area contributed by atoms with Crippen molar-refractivity contribution in [3.05, 3.63) is 23.5 Å². The van der Waals surface area contributed by atoms with Crippen molar-refractivity contribution in [3.63, 3.8) is 0 Å². The van der Waals surface area contributed by atoms with Crippen LogP contribution >= 0.6 is 0 Å². The standard InChI is InChI=1S/C13H17N5O2/c14-12(20)8-5-10-11(7-2-1-3-9(19)4-7)17-18(15)13(10)16-6-8/h5-7,9,19H,1-4,15H2,(H2,14,20)/t7-,9+/m1/s1. The molecule has 7 heteroatoms. The van der Waals surface area contributed by atoms with E-state index < -0.39 is 5.91 Å². The summed E-state index contributed by atoms with van der Waals surface area (Å²) in [6.07, 6.45) is 4.47. The van der Waals surface area contributed by atoms with Gasteiger partial charge in [0.2, 0.25) is 5.91 Å². The van der Waals surface area contributed by atoms with Crippen molar-refractivity contribution >= 4 is 16.9 Å². The van der Waals surface area contributed by atoms with Gasteiger partial charge in [0, 0.05) is 17.5 Å². The van der Waals surface area contributed by atoms with Gasteiger partial charge in [0.25, 0.3) is 0 Å². The molecule has 0 aromatic carbocycles. The smallest absolute Gasteiger partial charge is 0.250 e. The second-order valence-corrected chi connectivity index (χ2v) is 5.31. The number of hydrogen-bond acceptors (Lipinski definition) is 5. The van der Waals surface area contributed by atoms with Crippen LogP contribution in [-0.2, 0) is 0 Å². The van der Waals surface area contributed by atoms with Crippen LogP contribution in [0.2, 0.25) is 0 Å². The Morgan fingerprint density at radius 3 is 2.95 bits per heavy atom. The molecule has 20 heavy (non-hydrogen) atoms. The summed E-state index contributed by atoms with van der Waals surface area (Å²) in [5.41, 5.74) is 6.93. The molecule has 0 spiro atoms. The molecule has 1 aliphatic rings. The molecule has 0 saturated heterocycles. The van der Waals surface area contributed by atoms with Crippen LogP contribution < -0.4 is 11.6 Å². The van der Waals surface area contributed by atoms with Gasteiger partial charge in [0.1, 0.15) is 0 Å². The number of amides is 1. The Morgan fingerprint density at radius 1 is 1.45 bits per heavy atom. The Morgan fingerprint density at radius 2 is 2.25 bits per heavy atom. The van der Waals surface area contributed by atoms with Gasteiger partial charge < -0.3 is 16.7 Å². The zero-order valence-corrected chi connectivity index (χ0v) is 11.0. The fourth-order valence-corrected chi connectivity index (χ4v) is 2.89. The summed E-state index contributed by atoms with van der Waals surface area (Å²) < 4.78 is 0. The summed E-state index contributed by atoms with van der Waals surface area (Å²) in [6.45, 7) is 0. The lowest BCUT2D eigenvalue weighted by molar-refractivity contribution is 0.1000. The molecule has 1 aliphatic carbocycles. The second-order valence-electron chi connectivity index (χ2n) is 5.31. The molecule has 2 aromatic heterocycles. The Labute approximate surface area is 115 Å². The SMILES string of the molecule is NC(=O)c1cnc2c(c1)c([C@@H]1CCC[C@H](O)C1)nn2N. The maximum Gasteiger partial charge on any atom is 0.250 e. The van der Waals surface area contributed by atoms with Crippen molar-refractivity contribution in [2.24, 2.45) is 5.73 Å². The van der Waals surface area contributed by atoms with Gasteiger partial charge in [0.05, 0.1) is 17.4 Å². The van der Waals surface area contributed by atoms with E-state index in [4.69, 9.17) is 11.6 Å². The topological polar surface area (TPSA) is 120 Å². The number of nitrogens with zero attached hydrogens (tertiary/aromatic N) is 3. The highest BCUT2D eigenvalue weighted by molar-refractivity contribution is 5.96. The van der Waals surface area contributed by atoms with Crippen molar-refractivity contribution in [1.82, 2.24) is 14.9 Å². The highest BCUT2D eigenvalue weighted by Gasteiger charge is 2.26. The highest BCUT2D eigenvalue weighted by Crippen LogP contribution is 2.35. The van der Waals surface area contributed by atoms with E-state index in [1.807, 2.05) is 0 Å². The number of nitrogen functional groups attached to an aromatic ring is 1. The number of carbonyl (C=O) groups excluding carboxylic acids is 1. The first kappa shape index (κ1) is 12.9. The number of aromatic nitrogens is 3. The summed E-state index contributed by atoms with van der Waals surface area (Å²) in [4.78, 5) is 16.6. The molecule has 1 fully saturated rings. The predicted octanol–water partition coefficient (Wildman–Crippen LogP) is 0.262. The first-order valence-corrected chi connectivity index (χ1v) is 6.68. The Kier molecular flexibility index (Phi) is 3.06. The van der Waals surface area contributed by atoms with Crippen LogP contribution in [0.4, 0.5) is 0 Å². The summed E-state index contributed by atoms with van der Waals surface area (Å²) in [5.74, 6) is 5.42. The second kappa shape index (κ2) is 4.75. The summed E-state index contributed by atoms with van der Waals surface area (Å²) in [5, 5.41) is 14.9. The van der Waals surface area contributed by atoms with E-state index >= 15 is 0 Å². The van der Waals surface area contributed by atoms with E-state index in [1.165, 1.54) is 11.0 Å². The number of hydrogen-bond donors (Lipinski definition) is 3. The first-order valence-electron chi connectivity index (χ1n) is 6.68. The summed E-state index contributed by atoms with van der Waals surface area (Å²) in [6, 6.07) is 1.68. The fourth-order valence-electron chi connectivity index (χ4n) is 2.89. The molecule has 0 radical (unpaired) electrons. The first-order chi connectivity index (χ1) is 9.56. The van der Waals surface area contributed by atoms with Crippen LogP contribution in [0.15, 0.2) is 12.3 Å². The van der Waals surface area contributed by atoms with Crippen LogP contribution in [0.1, 0.15) is 47.7 Å². The number of primary amides is 1. The quantitative estimate of drug-likeness (QED) is 0.679. The number of aliphatic hydroxyl groups is 1. The van der Waals surface area contributed by atoms with Crippen LogP contribution in [0.3, 0.4) is 0 Å². The van der Waals surface area contributed by atoms with Crippen molar-refractivity contribution in [3.8, 4) is 0 Å². The number of pyridine rings is 1. The molecular weight excluding hydrogens is 258 g/mol. The van der Waals surface area contributed by atoms with E-state index in [2.05, 4.69) is 10.1 Å². The van der Waals surface area contributed by atoms with E-state index in [9.17, 15) is 9.90 Å². The number of fused-ring (bicyclic) bond motifs is 1. The average molecular weight is 275 g/mol. The zero-order chi connectivity index (χ0) is 14.3. The lowest BCUT2D eigenvalue weighted by Crippen LogP contribution is -2.19. The Bertz CT molecular complexity index is 666. The highest BCUT2D eigenvalue weighted by atomic mass is 16.3. The van der Waals surface area contributed by atoms with Gasteiger partial charge >= 0.3 is 0 Å². The predicted molar refractivity (Wildman–Crippen MR) is 73.4 cm³/mol. The molecule has 0 bridgehead atoms. The number of nitrogens with two attached hydrogens (primary N) is 2. The fraction of sp³-hybridized carbons (Fsp3) is 0.462. The van der Waals surface area contributed by atoms with Gasteiger partial charge in [-0.3, -0.25) is 4.79 Å². The number of aliphatic hydroxyl groups excluding tert-OH is 1. The monoisotopic (exact) mass is 275 g/mol. The van der Waals surface area contributed by atoms with Crippen LogP contribution in [0.5, 0.6) is 0 Å². The van der Waals surface area contributed by atoms with Crippen LogP contribution in [-0.4, -0.2) is 32.0 Å². The molecule has 3 rings (SSSR count). The van der Waals surface area contributed by atoms with E-state index in [0.717, 1.165) is 30.3 Å². The minimum atomic E-state index is -0.529. The van der Waals surface area contributed by atoms with E-state index in [0.29, 0.717) is 17.6 Å². The maximum atomic E-state index is 11.3. The Balaban J connectivity index is 2.09. The van der Waals surface area contributed by atoms with Gasteiger partial charge in [-0.1, -0.05) is 6.42 Å². The molecule has 2 aromatic rings. The molecule has 2 atom stereocenters. The number of carbonyl (C=O) groups is 1. The van der Waals surface area contributed by atoms with Crippen LogP contribution in [0, 0.1) is 0 Å². The minimum Gasteiger partial charge on any atom is -0.393 e. The van der Waals surface area contributed by atoms with Gasteiger partial charge in [0.15, 0.2) is 5.65 Å². The lowest BCUT2D eigenvalue weighted by Gasteiger charge is -2.24. The maximum absolute atomic E-state index is 11.3. The molecule has 7 nitrogen and oxygen atoms in total. The third-order valence-electron chi connectivity index (χ3n) is 3.89. The third-order valence-corrected chi connectivity index (χ3v) is 3.89. The summed E-state index contributed by atoms with van der Waals surface area (Å²) >= 11 is 0. The molecule has 5 N–H and O–H groups in total. The van der Waals surface area contributed by atoms with Gasteiger partial charge in [-0.2, -0.15) is 9.89 Å². The Hall–Kier alpha value is -2.15. The molecule has 0 unspecified atom stereocenters. The van der Waals surface area contributed by atoms with Crippen molar-refractivity contribution < 1.29 is 9.90 Å². The summed E-state index contributed by atoms with van der Waals surface area (Å²) in [7, 11) is 0. The van der Waals surface area contributed by atoms with Gasteiger partial charge in [-0.25, -0.2) is 4.98 Å². The largest absolute Gasteiger partial charge is 0.393 e.